The number of hydrogen-bond donors (Lipinski definition) is 2. The fraction of sp³-hybridized carbons (Fsp3) is 0.200. The molecule has 0 aliphatic heterocycles. The Morgan fingerprint density at radius 2 is 1.76 bits per heavy atom. The minimum Gasteiger partial charge on any atom is -0.508 e. The fourth-order valence-electron chi connectivity index (χ4n) is 2.45. The van der Waals surface area contributed by atoms with Crippen molar-refractivity contribution in [3.8, 4) is 11.5 Å². The molecular weight excluding hydrogens is 212 g/mol. The Bertz CT molecular complexity index is 639. The normalized spacial score (nSPS) is 13.9. The van der Waals surface area contributed by atoms with E-state index in [4.69, 9.17) is 0 Å². The second kappa shape index (κ2) is 3.52. The van der Waals surface area contributed by atoms with Crippen LogP contribution in [0.25, 0.3) is 10.8 Å². The van der Waals surface area contributed by atoms with Crippen LogP contribution in [0.15, 0.2) is 30.4 Å². The van der Waals surface area contributed by atoms with Gasteiger partial charge in [-0.1, -0.05) is 18.2 Å². The number of aromatic hydroxyl groups is 2. The standard InChI is InChI=1S/C15H14O2/c1-9-6-13-11(8-14(9)16)7-10-4-2-3-5-12(10)15(13)17/h2-3,6-8,16-17H,4-5H2,1H3. The molecule has 2 aromatic carbocycles. The molecule has 17 heavy (non-hydrogen) atoms. The number of aryl methyl sites for hydroxylation is 1. The summed E-state index contributed by atoms with van der Waals surface area (Å²) < 4.78 is 0. The van der Waals surface area contributed by atoms with Crippen molar-refractivity contribution in [1.82, 2.24) is 0 Å². The molecule has 0 unspecified atom stereocenters. The van der Waals surface area contributed by atoms with Crippen molar-refractivity contribution >= 4 is 10.8 Å². The lowest BCUT2D eigenvalue weighted by Gasteiger charge is -2.16. The van der Waals surface area contributed by atoms with Crippen molar-refractivity contribution in [3.05, 3.63) is 47.0 Å². The van der Waals surface area contributed by atoms with Crippen LogP contribution in [0.5, 0.6) is 11.5 Å². The zero-order valence-electron chi connectivity index (χ0n) is 9.70. The minimum absolute atomic E-state index is 0.281. The zero-order valence-corrected chi connectivity index (χ0v) is 9.70. The van der Waals surface area contributed by atoms with Crippen molar-refractivity contribution in [3.63, 3.8) is 0 Å². The highest BCUT2D eigenvalue weighted by molar-refractivity contribution is 5.92. The molecule has 1 aliphatic carbocycles. The summed E-state index contributed by atoms with van der Waals surface area (Å²) in [6, 6.07) is 5.63. The van der Waals surface area contributed by atoms with E-state index in [9.17, 15) is 10.2 Å². The topological polar surface area (TPSA) is 40.5 Å². The van der Waals surface area contributed by atoms with Crippen LogP contribution in [0.2, 0.25) is 0 Å². The molecule has 2 N–H and O–H groups in total. The van der Waals surface area contributed by atoms with E-state index in [1.165, 1.54) is 0 Å². The first-order valence-corrected chi connectivity index (χ1v) is 5.79. The van der Waals surface area contributed by atoms with Crippen molar-refractivity contribution in [2.45, 2.75) is 19.8 Å². The maximum Gasteiger partial charge on any atom is 0.127 e. The number of phenols is 2. The van der Waals surface area contributed by atoms with Gasteiger partial charge in [0.05, 0.1) is 0 Å². The van der Waals surface area contributed by atoms with Gasteiger partial charge in [0.25, 0.3) is 0 Å². The Morgan fingerprint density at radius 3 is 2.59 bits per heavy atom. The van der Waals surface area contributed by atoms with Crippen molar-refractivity contribution < 1.29 is 10.2 Å². The van der Waals surface area contributed by atoms with Gasteiger partial charge in [0.1, 0.15) is 11.5 Å². The molecule has 0 heterocycles. The van der Waals surface area contributed by atoms with Gasteiger partial charge in [0, 0.05) is 10.9 Å². The molecule has 0 bridgehead atoms. The molecule has 0 spiro atoms. The molecule has 0 saturated heterocycles. The number of hydrogen-bond acceptors (Lipinski definition) is 2. The SMILES string of the molecule is Cc1cc2c(O)c3c(cc2cc1O)CC=CC3. The second-order valence-electron chi connectivity index (χ2n) is 4.60. The molecule has 0 atom stereocenters. The van der Waals surface area contributed by atoms with Crippen LogP contribution >= 0.6 is 0 Å². The average Bonchev–Trinajstić information content (AvgIpc) is 2.32. The first kappa shape index (κ1) is 10.2. The Balaban J connectivity index is 2.38. The van der Waals surface area contributed by atoms with Gasteiger partial charge < -0.3 is 10.2 Å². The maximum atomic E-state index is 10.3. The van der Waals surface area contributed by atoms with Crippen LogP contribution in [-0.2, 0) is 12.8 Å². The Kier molecular flexibility index (Phi) is 2.11. The van der Waals surface area contributed by atoms with E-state index in [-0.39, 0.29) is 5.75 Å². The second-order valence-corrected chi connectivity index (χ2v) is 4.60. The largest absolute Gasteiger partial charge is 0.508 e. The lowest BCUT2D eigenvalue weighted by molar-refractivity contribution is 0.470. The Labute approximate surface area is 99.8 Å². The molecular formula is C15H14O2. The van der Waals surface area contributed by atoms with Crippen LogP contribution < -0.4 is 0 Å². The first-order chi connectivity index (χ1) is 8.16. The first-order valence-electron chi connectivity index (χ1n) is 5.79. The molecule has 0 radical (unpaired) electrons. The molecule has 2 aromatic rings. The van der Waals surface area contributed by atoms with Gasteiger partial charge in [-0.05, 0) is 48.4 Å². The highest BCUT2D eigenvalue weighted by Crippen LogP contribution is 2.37. The van der Waals surface area contributed by atoms with Crippen LogP contribution in [0.1, 0.15) is 16.7 Å². The number of benzene rings is 2. The molecule has 0 amide bonds. The molecule has 0 saturated carbocycles. The smallest absolute Gasteiger partial charge is 0.127 e. The van der Waals surface area contributed by atoms with E-state index in [0.29, 0.717) is 5.75 Å². The maximum absolute atomic E-state index is 10.3. The minimum atomic E-state index is 0.281. The van der Waals surface area contributed by atoms with Gasteiger partial charge in [-0.15, -0.1) is 0 Å². The quantitative estimate of drug-likeness (QED) is 0.677. The molecule has 2 nitrogen and oxygen atoms in total. The molecule has 2 heteroatoms. The number of fused-ring (bicyclic) bond motifs is 2. The van der Waals surface area contributed by atoms with E-state index in [1.54, 1.807) is 6.07 Å². The van der Waals surface area contributed by atoms with Crippen molar-refractivity contribution in [2.24, 2.45) is 0 Å². The van der Waals surface area contributed by atoms with Crippen molar-refractivity contribution in [2.75, 3.05) is 0 Å². The van der Waals surface area contributed by atoms with E-state index >= 15 is 0 Å². The van der Waals surface area contributed by atoms with E-state index in [1.807, 2.05) is 13.0 Å². The van der Waals surface area contributed by atoms with Crippen LogP contribution in [0.4, 0.5) is 0 Å². The van der Waals surface area contributed by atoms with E-state index in [2.05, 4.69) is 18.2 Å². The fourth-order valence-corrected chi connectivity index (χ4v) is 2.45. The zero-order chi connectivity index (χ0) is 12.0. The Hall–Kier alpha value is -1.96. The summed E-state index contributed by atoms with van der Waals surface area (Å²) in [7, 11) is 0. The lowest BCUT2D eigenvalue weighted by atomic mass is 9.91. The highest BCUT2D eigenvalue weighted by atomic mass is 16.3. The third kappa shape index (κ3) is 1.48. The van der Waals surface area contributed by atoms with Gasteiger partial charge in [-0.25, -0.2) is 0 Å². The molecule has 1 aliphatic rings. The summed E-state index contributed by atoms with van der Waals surface area (Å²) >= 11 is 0. The predicted octanol–water partition coefficient (Wildman–Crippen LogP) is 3.21. The van der Waals surface area contributed by atoms with E-state index < -0.39 is 0 Å². The molecule has 86 valence electrons. The molecule has 0 aromatic heterocycles. The van der Waals surface area contributed by atoms with Crippen molar-refractivity contribution in [1.29, 1.82) is 0 Å². The van der Waals surface area contributed by atoms with Gasteiger partial charge in [-0.2, -0.15) is 0 Å². The summed E-state index contributed by atoms with van der Waals surface area (Å²) in [6.45, 7) is 1.84. The van der Waals surface area contributed by atoms with E-state index in [0.717, 1.165) is 40.3 Å². The number of allylic oxidation sites excluding steroid dienone is 2. The summed E-state index contributed by atoms with van der Waals surface area (Å²) in [6.07, 6.45) is 5.84. The summed E-state index contributed by atoms with van der Waals surface area (Å²) in [5.41, 5.74) is 2.96. The molecule has 0 fully saturated rings. The van der Waals surface area contributed by atoms with Gasteiger partial charge in [0.2, 0.25) is 0 Å². The van der Waals surface area contributed by atoms with Gasteiger partial charge in [0.15, 0.2) is 0 Å². The third-order valence-electron chi connectivity index (χ3n) is 3.45. The number of rotatable bonds is 0. The van der Waals surface area contributed by atoms with Gasteiger partial charge >= 0.3 is 0 Å². The summed E-state index contributed by atoms with van der Waals surface area (Å²) in [4.78, 5) is 0. The predicted molar refractivity (Wildman–Crippen MR) is 68.6 cm³/mol. The lowest BCUT2D eigenvalue weighted by Crippen LogP contribution is -1.98. The molecule has 3 rings (SSSR count). The summed E-state index contributed by atoms with van der Waals surface area (Å²) in [5, 5.41) is 21.7. The van der Waals surface area contributed by atoms with Crippen LogP contribution in [0, 0.1) is 6.92 Å². The monoisotopic (exact) mass is 226 g/mol. The van der Waals surface area contributed by atoms with Crippen LogP contribution in [-0.4, -0.2) is 10.2 Å². The number of phenolic OH excluding ortho intramolecular Hbond substituents is 2. The van der Waals surface area contributed by atoms with Gasteiger partial charge in [-0.3, -0.25) is 0 Å². The van der Waals surface area contributed by atoms with Crippen LogP contribution in [0.3, 0.4) is 0 Å². The Morgan fingerprint density at radius 1 is 1.00 bits per heavy atom. The highest BCUT2D eigenvalue weighted by Gasteiger charge is 2.14. The average molecular weight is 226 g/mol. The third-order valence-corrected chi connectivity index (χ3v) is 3.45. The summed E-state index contributed by atoms with van der Waals surface area (Å²) in [5.74, 6) is 0.646.